The Kier molecular flexibility index (Phi) is 3.71. The molecule has 0 bridgehead atoms. The second-order valence-corrected chi connectivity index (χ2v) is 3.70. The van der Waals surface area contributed by atoms with Crippen LogP contribution in [0.3, 0.4) is 0 Å². The molecule has 90 valence electrons. The van der Waals surface area contributed by atoms with Crippen LogP contribution in [0, 0.1) is 10.1 Å². The van der Waals surface area contributed by atoms with Crippen molar-refractivity contribution in [1.82, 2.24) is 5.43 Å². The van der Waals surface area contributed by atoms with Crippen LogP contribution in [0.15, 0.2) is 60.7 Å². The third kappa shape index (κ3) is 3.18. The third-order valence-electron chi connectivity index (χ3n) is 2.41. The fraction of sp³-hybridized carbons (Fsp3) is 0. The van der Waals surface area contributed by atoms with Crippen molar-refractivity contribution in [2.75, 3.05) is 0 Å². The van der Waals surface area contributed by atoms with Crippen LogP contribution in [0.25, 0.3) is 11.8 Å². The number of hydrogen-bond donors (Lipinski definition) is 1. The van der Waals surface area contributed by atoms with Gasteiger partial charge in [-0.05, 0) is 11.6 Å². The van der Waals surface area contributed by atoms with Gasteiger partial charge in [0, 0.05) is 5.56 Å². The van der Waals surface area contributed by atoms with Gasteiger partial charge in [0.05, 0.1) is 0 Å². The Hall–Kier alpha value is -2.62. The zero-order chi connectivity index (χ0) is 12.8. The number of rotatable bonds is 4. The van der Waals surface area contributed by atoms with Crippen molar-refractivity contribution >= 4 is 11.8 Å². The molecule has 0 aliphatic carbocycles. The van der Waals surface area contributed by atoms with E-state index < -0.39 is 5.03 Å². The number of nitrogens with zero attached hydrogens (tertiary/aromatic N) is 1. The fourth-order valence-corrected chi connectivity index (χ4v) is 1.61. The van der Waals surface area contributed by atoms with Crippen LogP contribution in [-0.4, -0.2) is 5.03 Å². The van der Waals surface area contributed by atoms with E-state index in [9.17, 15) is 10.1 Å². The first kappa shape index (κ1) is 11.9. The molecule has 0 amide bonds. The summed E-state index contributed by atoms with van der Waals surface area (Å²) in [5.74, 6) is 0. The largest absolute Gasteiger partial charge is 0.235 e. The van der Waals surface area contributed by atoms with Gasteiger partial charge in [-0.3, -0.25) is 0 Å². The predicted octanol–water partition coefficient (Wildman–Crippen LogP) is 2.97. The summed E-state index contributed by atoms with van der Waals surface area (Å²) in [6.45, 7) is 0. The van der Waals surface area contributed by atoms with E-state index in [0.29, 0.717) is 5.70 Å². The highest BCUT2D eigenvalue weighted by molar-refractivity contribution is 5.79. The molecule has 4 heteroatoms. The lowest BCUT2D eigenvalue weighted by atomic mass is 10.1. The monoisotopic (exact) mass is 240 g/mol. The minimum Gasteiger partial charge on any atom is -0.235 e. The second-order valence-electron chi connectivity index (χ2n) is 3.70. The van der Waals surface area contributed by atoms with Gasteiger partial charge in [-0.1, -0.05) is 60.7 Å². The van der Waals surface area contributed by atoms with Crippen LogP contribution >= 0.6 is 0 Å². The van der Waals surface area contributed by atoms with E-state index in [0.717, 1.165) is 11.1 Å². The molecule has 1 N–H and O–H groups in total. The van der Waals surface area contributed by atoms with Crippen LogP contribution in [0.5, 0.6) is 0 Å². The van der Waals surface area contributed by atoms with Gasteiger partial charge in [-0.2, -0.15) is 0 Å². The molecule has 0 saturated heterocycles. The van der Waals surface area contributed by atoms with Crippen molar-refractivity contribution in [3.8, 4) is 0 Å². The van der Waals surface area contributed by atoms with Crippen molar-refractivity contribution in [3.63, 3.8) is 0 Å². The van der Waals surface area contributed by atoms with Crippen molar-refractivity contribution in [2.24, 2.45) is 0 Å². The highest BCUT2D eigenvalue weighted by Gasteiger charge is 2.06. The maximum atomic E-state index is 10.6. The predicted molar refractivity (Wildman–Crippen MR) is 70.9 cm³/mol. The van der Waals surface area contributed by atoms with E-state index in [4.69, 9.17) is 0 Å². The fourth-order valence-electron chi connectivity index (χ4n) is 1.61. The summed E-state index contributed by atoms with van der Waals surface area (Å²) >= 11 is 0. The van der Waals surface area contributed by atoms with Gasteiger partial charge in [-0.25, -0.2) is 10.1 Å². The van der Waals surface area contributed by atoms with Crippen molar-refractivity contribution in [3.05, 3.63) is 81.9 Å². The maximum absolute atomic E-state index is 10.6. The molecular formula is C14H12N2O2. The molecule has 0 radical (unpaired) electrons. The summed E-state index contributed by atoms with van der Waals surface area (Å²) < 4.78 is 0. The van der Waals surface area contributed by atoms with E-state index in [-0.39, 0.29) is 0 Å². The minimum absolute atomic E-state index is 0.465. The minimum atomic E-state index is -0.554. The van der Waals surface area contributed by atoms with E-state index in [2.05, 4.69) is 5.43 Å². The highest BCUT2D eigenvalue weighted by atomic mass is 16.7. The summed E-state index contributed by atoms with van der Waals surface area (Å²) in [6, 6.07) is 18.7. The Morgan fingerprint density at radius 3 is 2.11 bits per heavy atom. The summed E-state index contributed by atoms with van der Waals surface area (Å²) in [5.41, 5.74) is 4.38. The molecule has 0 aromatic heterocycles. The van der Waals surface area contributed by atoms with Gasteiger partial charge < -0.3 is 0 Å². The maximum Gasteiger partial charge on any atom is 0.162 e. The summed E-state index contributed by atoms with van der Waals surface area (Å²) in [5, 5.41) is 10.1. The summed E-state index contributed by atoms with van der Waals surface area (Å²) in [4.78, 5) is 10.6. The zero-order valence-corrected chi connectivity index (χ0v) is 9.61. The van der Waals surface area contributed by atoms with Gasteiger partial charge in [0.2, 0.25) is 0 Å². The van der Waals surface area contributed by atoms with E-state index in [1.54, 1.807) is 6.08 Å². The standard InChI is InChI=1S/C14H12N2O2/c17-16(18)15-14(13-9-5-2-6-10-13)11-12-7-3-1-4-8-12/h1-11,15H. The van der Waals surface area contributed by atoms with Crippen molar-refractivity contribution in [2.45, 2.75) is 0 Å². The van der Waals surface area contributed by atoms with Crippen LogP contribution in [0.4, 0.5) is 0 Å². The molecule has 4 nitrogen and oxygen atoms in total. The van der Waals surface area contributed by atoms with E-state index in [1.807, 2.05) is 60.7 Å². The molecule has 0 heterocycles. The number of benzene rings is 2. The Morgan fingerprint density at radius 1 is 1.00 bits per heavy atom. The topological polar surface area (TPSA) is 55.2 Å². The van der Waals surface area contributed by atoms with Gasteiger partial charge in [0.25, 0.3) is 0 Å². The Morgan fingerprint density at radius 2 is 1.56 bits per heavy atom. The summed E-state index contributed by atoms with van der Waals surface area (Å²) in [7, 11) is 0. The number of nitrogens with one attached hydrogen (secondary N) is 1. The summed E-state index contributed by atoms with van der Waals surface area (Å²) in [6.07, 6.45) is 1.75. The van der Waals surface area contributed by atoms with Gasteiger partial charge in [0.1, 0.15) is 5.70 Å². The first-order chi connectivity index (χ1) is 8.75. The average Bonchev–Trinajstić information content (AvgIpc) is 2.40. The lowest BCUT2D eigenvalue weighted by Gasteiger charge is -2.04. The highest BCUT2D eigenvalue weighted by Crippen LogP contribution is 2.15. The molecule has 0 unspecified atom stereocenters. The first-order valence-corrected chi connectivity index (χ1v) is 5.49. The molecule has 2 aromatic rings. The molecule has 0 fully saturated rings. The van der Waals surface area contributed by atoms with Crippen LogP contribution < -0.4 is 5.43 Å². The third-order valence-corrected chi connectivity index (χ3v) is 2.41. The molecule has 0 aliphatic heterocycles. The second kappa shape index (κ2) is 5.63. The quantitative estimate of drug-likeness (QED) is 0.508. The Bertz CT molecular complexity index is 551. The van der Waals surface area contributed by atoms with Gasteiger partial charge in [-0.15, -0.1) is 5.43 Å². The van der Waals surface area contributed by atoms with Gasteiger partial charge >= 0.3 is 0 Å². The van der Waals surface area contributed by atoms with Crippen LogP contribution in [0.2, 0.25) is 0 Å². The van der Waals surface area contributed by atoms with Crippen molar-refractivity contribution in [1.29, 1.82) is 0 Å². The Labute approximate surface area is 105 Å². The van der Waals surface area contributed by atoms with E-state index >= 15 is 0 Å². The lowest BCUT2D eigenvalue weighted by Crippen LogP contribution is -2.19. The number of hydrogen-bond acceptors (Lipinski definition) is 2. The molecular weight excluding hydrogens is 228 g/mol. The van der Waals surface area contributed by atoms with Gasteiger partial charge in [0.15, 0.2) is 5.03 Å². The smallest absolute Gasteiger partial charge is 0.162 e. The van der Waals surface area contributed by atoms with Crippen LogP contribution in [-0.2, 0) is 0 Å². The SMILES string of the molecule is O=[N+]([O-])NC(=Cc1ccccc1)c1ccccc1. The van der Waals surface area contributed by atoms with Crippen LogP contribution in [0.1, 0.15) is 11.1 Å². The molecule has 0 aliphatic rings. The number of nitro groups is 1. The first-order valence-electron chi connectivity index (χ1n) is 5.49. The molecule has 2 aromatic carbocycles. The molecule has 18 heavy (non-hydrogen) atoms. The van der Waals surface area contributed by atoms with Crippen molar-refractivity contribution < 1.29 is 5.03 Å². The normalized spacial score (nSPS) is 11.0. The molecule has 0 saturated carbocycles. The molecule has 0 spiro atoms. The van der Waals surface area contributed by atoms with E-state index in [1.165, 1.54) is 0 Å². The lowest BCUT2D eigenvalue weighted by molar-refractivity contribution is -0.528. The Balaban J connectivity index is 2.37. The average molecular weight is 240 g/mol. The zero-order valence-electron chi connectivity index (χ0n) is 9.61. The molecule has 2 rings (SSSR count). The molecule has 0 atom stereocenters. The number of hydrazine groups is 1.